The van der Waals surface area contributed by atoms with E-state index in [-0.39, 0.29) is 5.91 Å². The largest absolute Gasteiger partial charge is 0.449 e. The zero-order chi connectivity index (χ0) is 18.7. The van der Waals surface area contributed by atoms with Crippen LogP contribution in [-0.4, -0.2) is 42.0 Å². The van der Waals surface area contributed by atoms with E-state index in [0.717, 1.165) is 5.56 Å². The highest BCUT2D eigenvalue weighted by atomic mass is 16.5. The number of esters is 1. The van der Waals surface area contributed by atoms with E-state index >= 15 is 0 Å². The first-order valence-electron chi connectivity index (χ1n) is 8.34. The van der Waals surface area contributed by atoms with Crippen molar-refractivity contribution < 1.29 is 14.3 Å². The first-order valence-corrected chi connectivity index (χ1v) is 8.34. The molecule has 1 aromatic heterocycles. The molecule has 0 saturated heterocycles. The molecule has 0 saturated carbocycles. The number of benzene rings is 2. The number of amides is 1. The van der Waals surface area contributed by atoms with Gasteiger partial charge in [0.2, 0.25) is 0 Å². The van der Waals surface area contributed by atoms with E-state index in [4.69, 9.17) is 4.74 Å². The Morgan fingerprint density at radius 2 is 1.65 bits per heavy atom. The average molecular weight is 348 g/mol. The van der Waals surface area contributed by atoms with Crippen LogP contribution in [0.4, 0.5) is 0 Å². The zero-order valence-electron chi connectivity index (χ0n) is 15.0. The Bertz CT molecular complexity index is 952. The minimum absolute atomic E-state index is 0.264. The molecule has 0 radical (unpaired) electrons. The van der Waals surface area contributed by atoms with Gasteiger partial charge in [0.25, 0.3) is 5.91 Å². The average Bonchev–Trinajstić information content (AvgIpc) is 2.66. The number of carbonyl (C=O) groups is 2. The van der Waals surface area contributed by atoms with E-state index in [2.05, 4.69) is 4.98 Å². The summed E-state index contributed by atoms with van der Waals surface area (Å²) in [6.07, 6.45) is -0.857. The van der Waals surface area contributed by atoms with E-state index < -0.39 is 12.1 Å². The molecule has 1 atom stereocenters. The molecular formula is C21H20N2O3. The smallest absolute Gasteiger partial charge is 0.339 e. The third kappa shape index (κ3) is 3.57. The van der Waals surface area contributed by atoms with Crippen LogP contribution in [0, 0.1) is 0 Å². The van der Waals surface area contributed by atoms with E-state index in [1.807, 2.05) is 54.6 Å². The first kappa shape index (κ1) is 17.6. The number of hydrogen-bond acceptors (Lipinski definition) is 4. The summed E-state index contributed by atoms with van der Waals surface area (Å²) >= 11 is 0. The second-order valence-electron chi connectivity index (χ2n) is 6.22. The number of para-hydroxylation sites is 1. The highest BCUT2D eigenvalue weighted by molar-refractivity contribution is 6.05. The quantitative estimate of drug-likeness (QED) is 0.677. The molecule has 0 aliphatic heterocycles. The number of nitrogens with zero attached hydrogens (tertiary/aromatic N) is 2. The van der Waals surface area contributed by atoms with Crippen molar-refractivity contribution in [3.8, 4) is 11.3 Å². The van der Waals surface area contributed by atoms with E-state index in [1.54, 1.807) is 27.1 Å². The molecular weight excluding hydrogens is 328 g/mol. The molecule has 132 valence electrons. The van der Waals surface area contributed by atoms with Gasteiger partial charge in [-0.05, 0) is 19.1 Å². The fraction of sp³-hybridized carbons (Fsp3) is 0.190. The van der Waals surface area contributed by atoms with Crippen LogP contribution in [-0.2, 0) is 9.53 Å². The Hall–Kier alpha value is -3.21. The van der Waals surface area contributed by atoms with Gasteiger partial charge in [-0.2, -0.15) is 0 Å². The lowest BCUT2D eigenvalue weighted by Crippen LogP contribution is -2.34. The second-order valence-corrected chi connectivity index (χ2v) is 6.22. The molecule has 3 aromatic rings. The van der Waals surface area contributed by atoms with Crippen molar-refractivity contribution in [3.05, 3.63) is 66.2 Å². The highest BCUT2D eigenvalue weighted by Crippen LogP contribution is 2.25. The van der Waals surface area contributed by atoms with Gasteiger partial charge < -0.3 is 9.64 Å². The molecule has 0 unspecified atom stereocenters. The lowest BCUT2D eigenvalue weighted by atomic mass is 10.0. The predicted molar refractivity (Wildman–Crippen MR) is 101 cm³/mol. The minimum atomic E-state index is -0.857. The van der Waals surface area contributed by atoms with E-state index in [1.165, 1.54) is 4.90 Å². The lowest BCUT2D eigenvalue weighted by Gasteiger charge is -2.18. The molecule has 0 fully saturated rings. The number of likely N-dealkylation sites (N-methyl/N-ethyl adjacent to an activating group) is 1. The van der Waals surface area contributed by atoms with Gasteiger partial charge >= 0.3 is 5.97 Å². The molecule has 1 heterocycles. The van der Waals surface area contributed by atoms with Crippen molar-refractivity contribution in [3.63, 3.8) is 0 Å². The van der Waals surface area contributed by atoms with Gasteiger partial charge in [-0.1, -0.05) is 48.5 Å². The number of ether oxygens (including phenoxy) is 1. The molecule has 26 heavy (non-hydrogen) atoms. The van der Waals surface area contributed by atoms with Crippen molar-refractivity contribution in [2.75, 3.05) is 14.1 Å². The van der Waals surface area contributed by atoms with Crippen LogP contribution in [0.5, 0.6) is 0 Å². The van der Waals surface area contributed by atoms with Gasteiger partial charge in [-0.15, -0.1) is 0 Å². The van der Waals surface area contributed by atoms with Crippen molar-refractivity contribution in [1.82, 2.24) is 9.88 Å². The minimum Gasteiger partial charge on any atom is -0.449 e. The third-order valence-electron chi connectivity index (χ3n) is 4.08. The Kier molecular flexibility index (Phi) is 4.98. The van der Waals surface area contributed by atoms with Crippen LogP contribution >= 0.6 is 0 Å². The van der Waals surface area contributed by atoms with Gasteiger partial charge in [0, 0.05) is 25.0 Å². The van der Waals surface area contributed by atoms with Crippen molar-refractivity contribution in [1.29, 1.82) is 0 Å². The molecule has 1 amide bonds. The fourth-order valence-corrected chi connectivity index (χ4v) is 2.74. The lowest BCUT2D eigenvalue weighted by molar-refractivity contribution is -0.137. The summed E-state index contributed by atoms with van der Waals surface area (Å²) in [7, 11) is 3.25. The normalized spacial score (nSPS) is 11.8. The zero-order valence-corrected chi connectivity index (χ0v) is 15.0. The highest BCUT2D eigenvalue weighted by Gasteiger charge is 2.22. The van der Waals surface area contributed by atoms with Gasteiger partial charge in [0.1, 0.15) is 0 Å². The summed E-state index contributed by atoms with van der Waals surface area (Å²) in [5, 5.41) is 0.696. The number of aromatic nitrogens is 1. The third-order valence-corrected chi connectivity index (χ3v) is 4.08. The molecule has 0 N–H and O–H groups in total. The molecule has 0 aliphatic carbocycles. The summed E-state index contributed by atoms with van der Waals surface area (Å²) in [4.78, 5) is 30.8. The van der Waals surface area contributed by atoms with Gasteiger partial charge in [0.05, 0.1) is 16.8 Å². The Morgan fingerprint density at radius 3 is 2.35 bits per heavy atom. The Morgan fingerprint density at radius 1 is 1.00 bits per heavy atom. The second kappa shape index (κ2) is 7.35. The van der Waals surface area contributed by atoms with Gasteiger partial charge in [-0.3, -0.25) is 4.79 Å². The maximum absolute atomic E-state index is 12.8. The molecule has 3 rings (SSSR count). The molecule has 0 aliphatic rings. The van der Waals surface area contributed by atoms with Crippen molar-refractivity contribution >= 4 is 22.8 Å². The summed E-state index contributed by atoms with van der Waals surface area (Å²) in [6, 6.07) is 18.7. The van der Waals surface area contributed by atoms with E-state index in [9.17, 15) is 9.59 Å². The molecule has 5 nitrogen and oxygen atoms in total. The van der Waals surface area contributed by atoms with Crippen LogP contribution in [0.15, 0.2) is 60.7 Å². The van der Waals surface area contributed by atoms with Gasteiger partial charge in [-0.25, -0.2) is 9.78 Å². The summed E-state index contributed by atoms with van der Waals surface area (Å²) in [5.41, 5.74) is 2.69. The van der Waals surface area contributed by atoms with Crippen LogP contribution in [0.1, 0.15) is 17.3 Å². The first-order chi connectivity index (χ1) is 12.5. The van der Waals surface area contributed by atoms with Crippen LogP contribution in [0.2, 0.25) is 0 Å². The monoisotopic (exact) mass is 348 g/mol. The van der Waals surface area contributed by atoms with Crippen molar-refractivity contribution in [2.24, 2.45) is 0 Å². The Labute approximate surface area is 152 Å². The maximum Gasteiger partial charge on any atom is 0.339 e. The van der Waals surface area contributed by atoms with Crippen molar-refractivity contribution in [2.45, 2.75) is 13.0 Å². The molecule has 0 spiro atoms. The van der Waals surface area contributed by atoms with Crippen LogP contribution in [0.3, 0.4) is 0 Å². The number of pyridine rings is 1. The molecule has 2 aromatic carbocycles. The van der Waals surface area contributed by atoms with E-state index in [0.29, 0.717) is 22.2 Å². The Balaban J connectivity index is 2.04. The maximum atomic E-state index is 12.8. The SMILES string of the molecule is C[C@H](OC(=O)c1cc(-c2ccccc2)nc2ccccc12)C(=O)N(C)C. The molecule has 0 bridgehead atoms. The summed E-state index contributed by atoms with van der Waals surface area (Å²) in [5.74, 6) is -0.802. The number of carbonyl (C=O) groups excluding carboxylic acids is 2. The summed E-state index contributed by atoms with van der Waals surface area (Å²) in [6.45, 7) is 1.57. The van der Waals surface area contributed by atoms with Gasteiger partial charge in [0.15, 0.2) is 6.10 Å². The number of rotatable bonds is 4. The fourth-order valence-electron chi connectivity index (χ4n) is 2.74. The molecule has 5 heteroatoms. The number of hydrogen-bond donors (Lipinski definition) is 0. The summed E-state index contributed by atoms with van der Waals surface area (Å²) < 4.78 is 5.40. The predicted octanol–water partition coefficient (Wildman–Crippen LogP) is 3.54. The van der Waals surface area contributed by atoms with Crippen LogP contribution < -0.4 is 0 Å². The number of fused-ring (bicyclic) bond motifs is 1. The standard InChI is InChI=1S/C21H20N2O3/c1-14(20(24)23(2)3)26-21(25)17-13-19(15-9-5-4-6-10-15)22-18-12-8-7-11-16(17)18/h4-14H,1-3H3/t14-/m0/s1. The topological polar surface area (TPSA) is 59.5 Å². The van der Waals surface area contributed by atoms with Crippen LogP contribution in [0.25, 0.3) is 22.2 Å².